The Hall–Kier alpha value is -2.11. The molecule has 24 heavy (non-hydrogen) atoms. The first kappa shape index (κ1) is 18.2. The van der Waals surface area contributed by atoms with Crippen LogP contribution in [0.5, 0.6) is 0 Å². The van der Waals surface area contributed by atoms with Crippen LogP contribution in [0.15, 0.2) is 24.3 Å². The Balaban J connectivity index is 1.83. The highest BCUT2D eigenvalue weighted by molar-refractivity contribution is 5.78. The van der Waals surface area contributed by atoms with Crippen LogP contribution in [0.25, 0.3) is 0 Å². The lowest BCUT2D eigenvalue weighted by Crippen LogP contribution is -2.37. The summed E-state index contributed by atoms with van der Waals surface area (Å²) in [4.78, 5) is 25.8. The first-order chi connectivity index (χ1) is 11.2. The molecule has 1 saturated carbocycles. The largest absolute Gasteiger partial charge is 0.444 e. The van der Waals surface area contributed by atoms with Crippen molar-refractivity contribution in [2.24, 2.45) is 0 Å². The van der Waals surface area contributed by atoms with Crippen molar-refractivity contribution in [1.29, 1.82) is 0 Å². The number of benzene rings is 1. The number of amides is 2. The van der Waals surface area contributed by atoms with Crippen LogP contribution in [0.2, 0.25) is 0 Å². The lowest BCUT2D eigenvalue weighted by Gasteiger charge is -2.23. The summed E-state index contributed by atoms with van der Waals surface area (Å²) in [5.41, 5.74) is 0.210. The summed E-state index contributed by atoms with van der Waals surface area (Å²) in [6.07, 6.45) is 1.62. The van der Waals surface area contributed by atoms with E-state index in [4.69, 9.17) is 4.74 Å². The van der Waals surface area contributed by atoms with Crippen LogP contribution in [0.3, 0.4) is 0 Å². The van der Waals surface area contributed by atoms with Crippen LogP contribution in [0.1, 0.15) is 45.6 Å². The van der Waals surface area contributed by atoms with Gasteiger partial charge in [0.15, 0.2) is 0 Å². The minimum Gasteiger partial charge on any atom is -0.444 e. The summed E-state index contributed by atoms with van der Waals surface area (Å²) < 4.78 is 18.4. The van der Waals surface area contributed by atoms with E-state index in [1.54, 1.807) is 31.7 Å². The molecule has 0 bridgehead atoms. The summed E-state index contributed by atoms with van der Waals surface area (Å²) in [5.74, 6) is -0.347. The zero-order chi connectivity index (χ0) is 17.7. The standard InChI is InChI=1S/C18H25FN2O3/c1-18(2,3)24-17(23)20-10-9-16(22)21(15-7-8-15)12-13-5-4-6-14(19)11-13/h4-6,11,15H,7-10,12H2,1-3H3,(H,20,23). The molecule has 0 aromatic heterocycles. The number of halogens is 1. The number of carbonyl (C=O) groups excluding carboxylic acids is 2. The number of hydrogen-bond acceptors (Lipinski definition) is 3. The third-order valence-electron chi connectivity index (χ3n) is 3.56. The van der Waals surface area contributed by atoms with E-state index in [-0.39, 0.29) is 30.7 Å². The van der Waals surface area contributed by atoms with E-state index in [2.05, 4.69) is 5.32 Å². The average molecular weight is 336 g/mol. The molecule has 1 fully saturated rings. The molecule has 1 aliphatic rings. The molecule has 2 amide bonds. The van der Waals surface area contributed by atoms with Crippen molar-refractivity contribution in [3.05, 3.63) is 35.6 Å². The fraction of sp³-hybridized carbons (Fsp3) is 0.556. The van der Waals surface area contributed by atoms with Crippen molar-refractivity contribution in [3.8, 4) is 0 Å². The molecule has 0 saturated heterocycles. The molecular weight excluding hydrogens is 311 g/mol. The van der Waals surface area contributed by atoms with Gasteiger partial charge >= 0.3 is 6.09 Å². The number of nitrogens with one attached hydrogen (secondary N) is 1. The van der Waals surface area contributed by atoms with Gasteiger partial charge in [-0.05, 0) is 51.3 Å². The summed E-state index contributed by atoms with van der Waals surface area (Å²) in [7, 11) is 0. The molecule has 0 unspecified atom stereocenters. The van der Waals surface area contributed by atoms with Gasteiger partial charge in [-0.1, -0.05) is 12.1 Å². The number of carbonyl (C=O) groups is 2. The molecule has 0 spiro atoms. The SMILES string of the molecule is CC(C)(C)OC(=O)NCCC(=O)N(Cc1cccc(F)c1)C1CC1. The van der Waals surface area contributed by atoms with Crippen molar-refractivity contribution in [3.63, 3.8) is 0 Å². The molecule has 6 heteroatoms. The van der Waals surface area contributed by atoms with Crippen LogP contribution in [0, 0.1) is 5.82 Å². The topological polar surface area (TPSA) is 58.6 Å². The van der Waals surface area contributed by atoms with Crippen molar-refractivity contribution >= 4 is 12.0 Å². The maximum atomic E-state index is 13.3. The molecule has 1 aromatic carbocycles. The van der Waals surface area contributed by atoms with E-state index < -0.39 is 11.7 Å². The smallest absolute Gasteiger partial charge is 0.407 e. The van der Waals surface area contributed by atoms with E-state index in [1.165, 1.54) is 12.1 Å². The Morgan fingerprint density at radius 3 is 2.62 bits per heavy atom. The minimum absolute atomic E-state index is 0.0437. The molecule has 1 N–H and O–H groups in total. The van der Waals surface area contributed by atoms with Gasteiger partial charge in [0.05, 0.1) is 0 Å². The van der Waals surface area contributed by atoms with Crippen molar-refractivity contribution in [2.45, 2.75) is 58.2 Å². The number of alkyl carbamates (subject to hydrolysis) is 1. The summed E-state index contributed by atoms with van der Waals surface area (Å²) in [6, 6.07) is 6.51. The first-order valence-electron chi connectivity index (χ1n) is 8.25. The van der Waals surface area contributed by atoms with E-state index >= 15 is 0 Å². The normalized spacial score (nSPS) is 14.2. The molecule has 0 radical (unpaired) electrons. The first-order valence-corrected chi connectivity index (χ1v) is 8.25. The lowest BCUT2D eigenvalue weighted by atomic mass is 10.2. The van der Waals surface area contributed by atoms with Crippen LogP contribution >= 0.6 is 0 Å². The number of nitrogens with zero attached hydrogens (tertiary/aromatic N) is 1. The summed E-state index contributed by atoms with van der Waals surface area (Å²) in [5, 5.41) is 2.59. The Bertz CT molecular complexity index is 594. The second kappa shape index (κ2) is 7.64. The maximum Gasteiger partial charge on any atom is 0.407 e. The Labute approximate surface area is 142 Å². The van der Waals surface area contributed by atoms with Crippen LogP contribution in [-0.2, 0) is 16.1 Å². The lowest BCUT2D eigenvalue weighted by molar-refractivity contribution is -0.132. The van der Waals surface area contributed by atoms with Gasteiger partial charge in [0.25, 0.3) is 0 Å². The predicted octanol–water partition coefficient (Wildman–Crippen LogP) is 3.23. The molecule has 1 aromatic rings. The Kier molecular flexibility index (Phi) is 5.80. The maximum absolute atomic E-state index is 13.3. The highest BCUT2D eigenvalue weighted by Gasteiger charge is 2.32. The number of ether oxygens (including phenoxy) is 1. The molecule has 132 valence electrons. The van der Waals surface area contributed by atoms with Gasteiger partial charge in [-0.25, -0.2) is 9.18 Å². The highest BCUT2D eigenvalue weighted by atomic mass is 19.1. The highest BCUT2D eigenvalue weighted by Crippen LogP contribution is 2.29. The second-order valence-corrected chi connectivity index (χ2v) is 7.06. The van der Waals surface area contributed by atoms with Crippen LogP contribution in [0.4, 0.5) is 9.18 Å². The molecule has 2 rings (SSSR count). The van der Waals surface area contributed by atoms with E-state index in [1.807, 2.05) is 6.07 Å². The molecular formula is C18H25FN2O3. The van der Waals surface area contributed by atoms with Gasteiger partial charge in [0.2, 0.25) is 5.91 Å². The second-order valence-electron chi connectivity index (χ2n) is 7.06. The van der Waals surface area contributed by atoms with Crippen LogP contribution in [-0.4, -0.2) is 35.1 Å². The summed E-state index contributed by atoms with van der Waals surface area (Å²) in [6.45, 7) is 5.97. The van der Waals surface area contributed by atoms with E-state index in [9.17, 15) is 14.0 Å². The summed E-state index contributed by atoms with van der Waals surface area (Å²) >= 11 is 0. The third-order valence-corrected chi connectivity index (χ3v) is 3.56. The number of rotatable bonds is 6. The van der Waals surface area contributed by atoms with E-state index in [0.717, 1.165) is 18.4 Å². The predicted molar refractivity (Wildman–Crippen MR) is 88.8 cm³/mol. The third kappa shape index (κ3) is 6.18. The quantitative estimate of drug-likeness (QED) is 0.868. The van der Waals surface area contributed by atoms with Gasteiger partial charge in [-0.2, -0.15) is 0 Å². The molecule has 5 nitrogen and oxygen atoms in total. The van der Waals surface area contributed by atoms with Crippen LogP contribution < -0.4 is 5.32 Å². The Morgan fingerprint density at radius 2 is 2.04 bits per heavy atom. The molecule has 1 aliphatic carbocycles. The van der Waals surface area contributed by atoms with Gasteiger partial charge in [-0.15, -0.1) is 0 Å². The molecule has 0 heterocycles. The Morgan fingerprint density at radius 1 is 1.33 bits per heavy atom. The fourth-order valence-corrected chi connectivity index (χ4v) is 2.37. The van der Waals surface area contributed by atoms with E-state index in [0.29, 0.717) is 6.54 Å². The van der Waals surface area contributed by atoms with Gasteiger partial charge in [0, 0.05) is 25.6 Å². The fourth-order valence-electron chi connectivity index (χ4n) is 2.37. The van der Waals surface area contributed by atoms with Gasteiger partial charge < -0.3 is 15.0 Å². The van der Waals surface area contributed by atoms with Crippen molar-refractivity contribution in [1.82, 2.24) is 10.2 Å². The zero-order valence-electron chi connectivity index (χ0n) is 14.5. The van der Waals surface area contributed by atoms with Crippen molar-refractivity contribution in [2.75, 3.05) is 6.54 Å². The van der Waals surface area contributed by atoms with Crippen molar-refractivity contribution < 1.29 is 18.7 Å². The molecule has 0 atom stereocenters. The number of hydrogen-bond donors (Lipinski definition) is 1. The average Bonchev–Trinajstić information content (AvgIpc) is 3.27. The zero-order valence-corrected chi connectivity index (χ0v) is 14.5. The van der Waals surface area contributed by atoms with Gasteiger partial charge in [0.1, 0.15) is 11.4 Å². The minimum atomic E-state index is -0.564. The molecule has 0 aliphatic heterocycles. The monoisotopic (exact) mass is 336 g/mol. The van der Waals surface area contributed by atoms with Gasteiger partial charge in [-0.3, -0.25) is 4.79 Å².